The lowest BCUT2D eigenvalue weighted by Crippen LogP contribution is -2.24. The number of carbonyl (C=O) groups is 1. The highest BCUT2D eigenvalue weighted by atomic mass is 16.6. The van der Waals surface area contributed by atoms with E-state index >= 15 is 0 Å². The number of ether oxygens (including phenoxy) is 2. The van der Waals surface area contributed by atoms with E-state index in [4.69, 9.17) is 15.2 Å². The molecule has 0 aliphatic rings. The average molecular weight is 276 g/mol. The molecule has 0 unspecified atom stereocenters. The first-order valence-corrected chi connectivity index (χ1v) is 6.45. The molecule has 20 heavy (non-hydrogen) atoms. The van der Waals surface area contributed by atoms with Crippen LogP contribution in [0.5, 0.6) is 5.75 Å². The number of rotatable bonds is 3. The zero-order valence-electron chi connectivity index (χ0n) is 12.2. The van der Waals surface area contributed by atoms with Gasteiger partial charge in [0, 0.05) is 22.8 Å². The van der Waals surface area contributed by atoms with E-state index in [-0.39, 0.29) is 12.4 Å². The molecule has 2 rings (SSSR count). The largest absolute Gasteiger partial charge is 0.496 e. The van der Waals surface area contributed by atoms with Crippen LogP contribution in [0.1, 0.15) is 26.5 Å². The van der Waals surface area contributed by atoms with Crippen LogP contribution < -0.4 is 10.5 Å². The van der Waals surface area contributed by atoms with Gasteiger partial charge in [-0.1, -0.05) is 0 Å². The molecule has 2 aromatic rings. The zero-order chi connectivity index (χ0) is 14.9. The fraction of sp³-hybridized carbons (Fsp3) is 0.400. The van der Waals surface area contributed by atoms with Crippen molar-refractivity contribution in [2.45, 2.75) is 32.8 Å². The molecular weight excluding hydrogens is 256 g/mol. The van der Waals surface area contributed by atoms with Gasteiger partial charge in [-0.3, -0.25) is 4.79 Å². The summed E-state index contributed by atoms with van der Waals surface area (Å²) in [7, 11) is 1.59. The van der Waals surface area contributed by atoms with Gasteiger partial charge in [-0.15, -0.1) is 0 Å². The third-order valence-electron chi connectivity index (χ3n) is 2.75. The van der Waals surface area contributed by atoms with Crippen LogP contribution in [0.3, 0.4) is 0 Å². The van der Waals surface area contributed by atoms with E-state index in [0.29, 0.717) is 11.4 Å². The maximum Gasteiger partial charge on any atom is 0.312 e. The predicted octanol–water partition coefficient (Wildman–Crippen LogP) is 2.64. The van der Waals surface area contributed by atoms with E-state index in [1.807, 2.05) is 32.9 Å². The van der Waals surface area contributed by atoms with Crippen molar-refractivity contribution in [3.63, 3.8) is 0 Å². The van der Waals surface area contributed by atoms with Crippen LogP contribution in [-0.4, -0.2) is 23.7 Å². The first-order valence-electron chi connectivity index (χ1n) is 6.45. The van der Waals surface area contributed by atoms with Crippen LogP contribution in [0.25, 0.3) is 10.9 Å². The van der Waals surface area contributed by atoms with E-state index in [1.54, 1.807) is 13.2 Å². The second-order valence-electron chi connectivity index (χ2n) is 5.74. The maximum absolute atomic E-state index is 11.8. The summed E-state index contributed by atoms with van der Waals surface area (Å²) in [6.07, 6.45) is 0.189. The van der Waals surface area contributed by atoms with Gasteiger partial charge in [-0.25, -0.2) is 0 Å². The Hall–Kier alpha value is -2.17. The molecule has 0 amide bonds. The van der Waals surface area contributed by atoms with Gasteiger partial charge < -0.3 is 20.2 Å². The number of H-pyrrole nitrogens is 1. The van der Waals surface area contributed by atoms with Crippen LogP contribution in [0.2, 0.25) is 0 Å². The Morgan fingerprint density at radius 3 is 2.60 bits per heavy atom. The van der Waals surface area contributed by atoms with Crippen molar-refractivity contribution in [3.8, 4) is 5.75 Å². The van der Waals surface area contributed by atoms with Crippen molar-refractivity contribution in [2.75, 3.05) is 12.8 Å². The number of nitrogens with one attached hydrogen (secondary N) is 1. The lowest BCUT2D eigenvalue weighted by atomic mass is 10.2. The number of fused-ring (bicyclic) bond motifs is 1. The highest BCUT2D eigenvalue weighted by Gasteiger charge is 2.17. The summed E-state index contributed by atoms with van der Waals surface area (Å²) in [5.41, 5.74) is 7.56. The highest BCUT2D eigenvalue weighted by molar-refractivity contribution is 5.90. The van der Waals surface area contributed by atoms with E-state index in [9.17, 15) is 4.79 Å². The van der Waals surface area contributed by atoms with E-state index in [1.165, 1.54) is 0 Å². The fourth-order valence-electron chi connectivity index (χ4n) is 2.08. The second-order valence-corrected chi connectivity index (χ2v) is 5.74. The van der Waals surface area contributed by atoms with E-state index in [2.05, 4.69) is 4.98 Å². The van der Waals surface area contributed by atoms with Gasteiger partial charge in [0.15, 0.2) is 0 Å². The molecule has 5 nitrogen and oxygen atoms in total. The van der Waals surface area contributed by atoms with Gasteiger partial charge in [0.05, 0.1) is 19.0 Å². The minimum absolute atomic E-state index is 0.189. The molecule has 3 N–H and O–H groups in total. The van der Waals surface area contributed by atoms with Crippen LogP contribution >= 0.6 is 0 Å². The summed E-state index contributed by atoms with van der Waals surface area (Å²) >= 11 is 0. The van der Waals surface area contributed by atoms with E-state index < -0.39 is 5.60 Å². The summed E-state index contributed by atoms with van der Waals surface area (Å²) < 4.78 is 10.6. The molecule has 0 aliphatic heterocycles. The minimum Gasteiger partial charge on any atom is -0.496 e. The van der Waals surface area contributed by atoms with Gasteiger partial charge in [-0.05, 0) is 32.9 Å². The number of esters is 1. The molecule has 0 spiro atoms. The van der Waals surface area contributed by atoms with Crippen LogP contribution in [-0.2, 0) is 16.0 Å². The summed E-state index contributed by atoms with van der Waals surface area (Å²) in [5.74, 6) is 0.419. The van der Waals surface area contributed by atoms with Crippen LogP contribution in [0.4, 0.5) is 5.69 Å². The Labute approximate surface area is 118 Å². The number of aromatic amines is 1. The molecule has 108 valence electrons. The number of nitrogen functional groups attached to an aromatic ring is 1. The second kappa shape index (κ2) is 5.07. The highest BCUT2D eigenvalue weighted by Crippen LogP contribution is 2.29. The maximum atomic E-state index is 11.8. The van der Waals surface area contributed by atoms with Crippen molar-refractivity contribution < 1.29 is 14.3 Å². The number of hydrogen-bond acceptors (Lipinski definition) is 4. The molecule has 1 aromatic heterocycles. The molecule has 0 aliphatic carbocycles. The third-order valence-corrected chi connectivity index (χ3v) is 2.75. The number of nitrogens with two attached hydrogens (primary N) is 1. The molecule has 0 radical (unpaired) electrons. The number of benzene rings is 1. The molecule has 0 atom stereocenters. The van der Waals surface area contributed by atoms with Gasteiger partial charge in [-0.2, -0.15) is 0 Å². The van der Waals surface area contributed by atoms with Crippen molar-refractivity contribution in [1.82, 2.24) is 4.98 Å². The minimum atomic E-state index is -0.481. The summed E-state index contributed by atoms with van der Waals surface area (Å²) in [5, 5.41) is 0.903. The van der Waals surface area contributed by atoms with Gasteiger partial charge >= 0.3 is 5.97 Å². The standard InChI is InChI=1S/C15H20N2O3/c1-15(2,3)20-14(18)8-10-7-11-12(17-10)5-9(16)6-13(11)19-4/h5-7,17H,8,16H2,1-4H3. The number of methoxy groups -OCH3 is 1. The van der Waals surface area contributed by atoms with Crippen molar-refractivity contribution >= 4 is 22.6 Å². The number of hydrogen-bond donors (Lipinski definition) is 2. The van der Waals surface area contributed by atoms with E-state index in [0.717, 1.165) is 16.6 Å². The normalized spacial score (nSPS) is 11.6. The summed E-state index contributed by atoms with van der Waals surface area (Å²) in [6.45, 7) is 5.54. The topological polar surface area (TPSA) is 77.3 Å². The lowest BCUT2D eigenvalue weighted by molar-refractivity contribution is -0.153. The van der Waals surface area contributed by atoms with Crippen molar-refractivity contribution in [3.05, 3.63) is 23.9 Å². The van der Waals surface area contributed by atoms with Gasteiger partial charge in [0.1, 0.15) is 11.4 Å². The fourth-order valence-corrected chi connectivity index (χ4v) is 2.08. The van der Waals surface area contributed by atoms with Gasteiger partial charge in [0.2, 0.25) is 0 Å². The molecule has 0 bridgehead atoms. The Bertz CT molecular complexity index is 638. The van der Waals surface area contributed by atoms with Gasteiger partial charge in [0.25, 0.3) is 0 Å². The predicted molar refractivity (Wildman–Crippen MR) is 78.8 cm³/mol. The number of anilines is 1. The zero-order valence-corrected chi connectivity index (χ0v) is 12.2. The third kappa shape index (κ3) is 3.23. The molecule has 5 heteroatoms. The average Bonchev–Trinajstić information content (AvgIpc) is 2.66. The first kappa shape index (κ1) is 14.2. The molecular formula is C15H20N2O3. The number of aromatic nitrogens is 1. The molecule has 0 fully saturated rings. The molecule has 1 aromatic carbocycles. The van der Waals surface area contributed by atoms with Crippen molar-refractivity contribution in [1.29, 1.82) is 0 Å². The lowest BCUT2D eigenvalue weighted by Gasteiger charge is -2.19. The first-order chi connectivity index (χ1) is 9.28. The van der Waals surface area contributed by atoms with Crippen LogP contribution in [0, 0.1) is 0 Å². The Morgan fingerprint density at radius 1 is 1.30 bits per heavy atom. The molecule has 0 saturated heterocycles. The summed E-state index contributed by atoms with van der Waals surface area (Å²) in [6, 6.07) is 5.46. The Balaban J connectivity index is 2.26. The molecule has 1 heterocycles. The van der Waals surface area contributed by atoms with Crippen LogP contribution in [0.15, 0.2) is 18.2 Å². The number of carbonyl (C=O) groups excluding carboxylic acids is 1. The smallest absolute Gasteiger partial charge is 0.312 e. The quantitative estimate of drug-likeness (QED) is 0.667. The Kier molecular flexibility index (Phi) is 3.61. The Morgan fingerprint density at radius 2 is 2.00 bits per heavy atom. The molecule has 0 saturated carbocycles. The SMILES string of the molecule is COc1cc(N)cc2[nH]c(CC(=O)OC(C)(C)C)cc12. The monoisotopic (exact) mass is 276 g/mol. The van der Waals surface area contributed by atoms with Crippen molar-refractivity contribution in [2.24, 2.45) is 0 Å². The summed E-state index contributed by atoms with van der Waals surface area (Å²) in [4.78, 5) is 15.0.